The van der Waals surface area contributed by atoms with Crippen LogP contribution in [0.3, 0.4) is 0 Å². The van der Waals surface area contributed by atoms with Crippen LogP contribution < -0.4 is 0 Å². The SMILES string of the molecule is CCOCC.OCCO.[SiH3]O[SiH2]O[SiH3]. The van der Waals surface area contributed by atoms with Crippen molar-refractivity contribution in [1.29, 1.82) is 0 Å². The standard InChI is InChI=1S/C4H10O.C2H6O2.H8O2Si3/c1-3-5-4-2;3-1-2-4;3-1-5-2-4/h3-4H2,1-2H3;3-4H,1-2H2;5H2,3-4H3. The average molecular weight is 261 g/mol. The van der Waals surface area contributed by atoms with Crippen molar-refractivity contribution in [2.75, 3.05) is 26.4 Å². The summed E-state index contributed by atoms with van der Waals surface area (Å²) in [6, 6.07) is 0. The van der Waals surface area contributed by atoms with E-state index in [0.29, 0.717) is 0 Å². The molecule has 0 aliphatic rings. The van der Waals surface area contributed by atoms with E-state index in [4.69, 9.17) is 23.2 Å². The van der Waals surface area contributed by atoms with Gasteiger partial charge in [0.2, 0.25) is 0 Å². The predicted octanol–water partition coefficient (Wildman–Crippen LogP) is -3.41. The van der Waals surface area contributed by atoms with Crippen molar-refractivity contribution in [2.45, 2.75) is 13.8 Å². The molecule has 0 unspecified atom stereocenters. The molecule has 0 heterocycles. The molecule has 0 aliphatic carbocycles. The highest BCUT2D eigenvalue weighted by Crippen LogP contribution is 1.64. The first-order chi connectivity index (χ1) is 6.74. The molecule has 0 saturated heterocycles. The predicted molar refractivity (Wildman–Crippen MR) is 66.9 cm³/mol. The van der Waals surface area contributed by atoms with Crippen molar-refractivity contribution < 1.29 is 23.2 Å². The minimum atomic E-state index is -0.444. The second-order valence-electron chi connectivity index (χ2n) is 1.92. The quantitative estimate of drug-likeness (QED) is 0.504. The maximum atomic E-state index is 7.62. The lowest BCUT2D eigenvalue weighted by atomic mass is 10.8. The lowest BCUT2D eigenvalue weighted by Crippen LogP contribution is -1.96. The van der Waals surface area contributed by atoms with E-state index < -0.39 is 10.0 Å². The van der Waals surface area contributed by atoms with Crippen LogP contribution in [0.15, 0.2) is 0 Å². The molecule has 0 radical (unpaired) electrons. The molecular formula is C6H24O5Si3. The van der Waals surface area contributed by atoms with Crippen LogP contribution in [-0.4, -0.2) is 67.6 Å². The Morgan fingerprint density at radius 1 is 1.00 bits per heavy atom. The number of rotatable bonds is 5. The van der Waals surface area contributed by atoms with Crippen molar-refractivity contribution in [3.05, 3.63) is 0 Å². The monoisotopic (exact) mass is 260 g/mol. The summed E-state index contributed by atoms with van der Waals surface area (Å²) in [6.07, 6.45) is 0. The van der Waals surface area contributed by atoms with Gasteiger partial charge >= 0.3 is 0 Å². The van der Waals surface area contributed by atoms with Gasteiger partial charge in [-0.2, -0.15) is 0 Å². The van der Waals surface area contributed by atoms with Gasteiger partial charge in [-0.05, 0) is 13.8 Å². The third-order valence-corrected chi connectivity index (χ3v) is 2.63. The number of ether oxygens (including phenoxy) is 1. The van der Waals surface area contributed by atoms with Crippen LogP contribution in [-0.2, 0) is 13.0 Å². The first-order valence-corrected chi connectivity index (χ1v) is 7.31. The van der Waals surface area contributed by atoms with Crippen LogP contribution in [0.2, 0.25) is 0 Å². The lowest BCUT2D eigenvalue weighted by Gasteiger charge is -1.87. The second kappa shape index (κ2) is 29.2. The molecule has 0 aromatic rings. The molecule has 0 aromatic carbocycles. The Labute approximate surface area is 94.9 Å². The molecule has 2 N–H and O–H groups in total. The number of hydrogen-bond acceptors (Lipinski definition) is 5. The van der Waals surface area contributed by atoms with Gasteiger partial charge in [0.05, 0.1) is 13.2 Å². The van der Waals surface area contributed by atoms with Crippen LogP contribution in [0.1, 0.15) is 13.8 Å². The summed E-state index contributed by atoms with van der Waals surface area (Å²) >= 11 is 0. The van der Waals surface area contributed by atoms with E-state index in [1.807, 2.05) is 13.8 Å². The summed E-state index contributed by atoms with van der Waals surface area (Å²) in [7, 11) is 1.27. The van der Waals surface area contributed by atoms with E-state index in [1.165, 1.54) is 0 Å². The summed E-state index contributed by atoms with van der Waals surface area (Å²) < 4.78 is 14.4. The van der Waals surface area contributed by atoms with Crippen LogP contribution in [0.25, 0.3) is 0 Å². The molecule has 0 fully saturated rings. The molecule has 8 heteroatoms. The van der Waals surface area contributed by atoms with Gasteiger partial charge < -0.3 is 23.2 Å². The zero-order valence-electron chi connectivity index (χ0n) is 9.65. The molecule has 0 amide bonds. The molecule has 0 aromatic heterocycles. The zero-order chi connectivity index (χ0) is 11.7. The highest BCUT2D eigenvalue weighted by atomic mass is 28.3. The normalized spacial score (nSPS) is 9.43. The fraction of sp³-hybridized carbons (Fsp3) is 1.00. The van der Waals surface area contributed by atoms with Gasteiger partial charge in [-0.15, -0.1) is 0 Å². The maximum Gasteiger partial charge on any atom is 0.282 e. The fourth-order valence-electron chi connectivity index (χ4n) is 0.322. The van der Waals surface area contributed by atoms with Gasteiger partial charge in [-0.25, -0.2) is 0 Å². The Bertz CT molecular complexity index is 57.4. The van der Waals surface area contributed by atoms with Gasteiger partial charge in [0.15, 0.2) is 0 Å². The van der Waals surface area contributed by atoms with Gasteiger partial charge in [-0.1, -0.05) is 0 Å². The molecule has 14 heavy (non-hydrogen) atoms. The fourth-order valence-corrected chi connectivity index (χ4v) is 3.39. The Balaban J connectivity index is -0.000000131. The third kappa shape index (κ3) is 54.9. The van der Waals surface area contributed by atoms with Gasteiger partial charge in [0.1, 0.15) is 21.0 Å². The topological polar surface area (TPSA) is 68.2 Å². The van der Waals surface area contributed by atoms with Crippen LogP contribution in [0.5, 0.6) is 0 Å². The Hall–Kier alpha value is 0.451. The summed E-state index contributed by atoms with van der Waals surface area (Å²) in [5, 5.41) is 15.2. The summed E-state index contributed by atoms with van der Waals surface area (Å²) in [6.45, 7) is 5.42. The van der Waals surface area contributed by atoms with Crippen molar-refractivity contribution in [3.63, 3.8) is 0 Å². The van der Waals surface area contributed by atoms with E-state index in [9.17, 15) is 0 Å². The number of aliphatic hydroxyl groups is 2. The first kappa shape index (κ1) is 19.9. The minimum absolute atomic E-state index is 0.125. The maximum absolute atomic E-state index is 7.62. The lowest BCUT2D eigenvalue weighted by molar-refractivity contribution is 0.162. The highest BCUT2D eigenvalue weighted by Gasteiger charge is 1.66. The van der Waals surface area contributed by atoms with Crippen molar-refractivity contribution in [2.24, 2.45) is 0 Å². The Kier molecular flexibility index (Phi) is 41.6. The third-order valence-electron chi connectivity index (χ3n) is 0.744. The first-order valence-electron chi connectivity index (χ1n) is 4.52. The average Bonchev–Trinajstić information content (AvgIpc) is 2.22. The van der Waals surface area contributed by atoms with Gasteiger partial charge in [0, 0.05) is 13.2 Å². The summed E-state index contributed by atoms with van der Waals surface area (Å²) in [5.41, 5.74) is 0. The van der Waals surface area contributed by atoms with Crippen molar-refractivity contribution in [1.82, 2.24) is 0 Å². The largest absolute Gasteiger partial charge is 0.449 e. The molecular weight excluding hydrogens is 236 g/mol. The molecule has 0 atom stereocenters. The highest BCUT2D eigenvalue weighted by molar-refractivity contribution is 6.33. The zero-order valence-corrected chi connectivity index (χ0v) is 15.1. The molecule has 90 valence electrons. The van der Waals surface area contributed by atoms with Gasteiger partial charge in [0.25, 0.3) is 10.0 Å². The van der Waals surface area contributed by atoms with Crippen LogP contribution >= 0.6 is 0 Å². The van der Waals surface area contributed by atoms with Crippen molar-refractivity contribution in [3.8, 4) is 0 Å². The van der Waals surface area contributed by atoms with E-state index in [1.54, 1.807) is 0 Å². The Morgan fingerprint density at radius 3 is 1.36 bits per heavy atom. The van der Waals surface area contributed by atoms with Crippen LogP contribution in [0, 0.1) is 0 Å². The van der Waals surface area contributed by atoms with Crippen molar-refractivity contribution >= 4 is 31.0 Å². The molecule has 0 bridgehead atoms. The van der Waals surface area contributed by atoms with E-state index >= 15 is 0 Å². The van der Waals surface area contributed by atoms with Crippen LogP contribution in [0.4, 0.5) is 0 Å². The van der Waals surface area contributed by atoms with E-state index in [2.05, 4.69) is 0 Å². The molecule has 0 rings (SSSR count). The minimum Gasteiger partial charge on any atom is -0.449 e. The molecule has 0 saturated carbocycles. The smallest absolute Gasteiger partial charge is 0.282 e. The summed E-state index contributed by atoms with van der Waals surface area (Å²) in [5.74, 6) is 0. The molecule has 5 nitrogen and oxygen atoms in total. The molecule has 0 spiro atoms. The molecule has 0 aliphatic heterocycles. The number of aliphatic hydroxyl groups excluding tert-OH is 2. The Morgan fingerprint density at radius 2 is 1.36 bits per heavy atom. The second-order valence-corrected chi connectivity index (χ2v) is 6.78. The van der Waals surface area contributed by atoms with Gasteiger partial charge in [-0.3, -0.25) is 0 Å². The van der Waals surface area contributed by atoms with E-state index in [-0.39, 0.29) is 13.2 Å². The number of hydrogen-bond donors (Lipinski definition) is 2. The summed E-state index contributed by atoms with van der Waals surface area (Å²) in [4.78, 5) is 0. The van der Waals surface area contributed by atoms with E-state index in [0.717, 1.165) is 34.2 Å².